The second-order valence-corrected chi connectivity index (χ2v) is 10.2. The number of nitrogens with zero attached hydrogens (tertiary/aromatic N) is 2. The number of likely N-dealkylation sites (N-methyl/N-ethyl adjacent to an activating group) is 1. The van der Waals surface area contributed by atoms with Crippen LogP contribution in [-0.2, 0) is 26.2 Å². The molecule has 186 valence electrons. The molecule has 10 heteroatoms. The average Bonchev–Trinajstić information content (AvgIpc) is 2.80. The fraction of sp³-hybridized carbons (Fsp3) is 0.417. The summed E-state index contributed by atoms with van der Waals surface area (Å²) >= 11 is 5.96. The van der Waals surface area contributed by atoms with Crippen molar-refractivity contribution in [2.75, 3.05) is 30.8 Å². The van der Waals surface area contributed by atoms with Crippen LogP contribution in [0.3, 0.4) is 0 Å². The number of methoxy groups -OCH3 is 1. The molecule has 2 aromatic carbocycles. The van der Waals surface area contributed by atoms with E-state index in [9.17, 15) is 18.0 Å². The van der Waals surface area contributed by atoms with Gasteiger partial charge in [-0.15, -0.1) is 0 Å². The van der Waals surface area contributed by atoms with Crippen LogP contribution in [0.4, 0.5) is 5.69 Å². The Kier molecular flexibility index (Phi) is 10.2. The van der Waals surface area contributed by atoms with Crippen LogP contribution >= 0.6 is 11.6 Å². The van der Waals surface area contributed by atoms with Gasteiger partial charge in [0.2, 0.25) is 21.8 Å². The smallest absolute Gasteiger partial charge is 0.242 e. The molecular weight excluding hydrogens is 478 g/mol. The lowest BCUT2D eigenvalue weighted by atomic mass is 10.1. The van der Waals surface area contributed by atoms with E-state index in [-0.39, 0.29) is 37.7 Å². The number of anilines is 1. The number of amides is 2. The number of carbonyl (C=O) groups is 2. The lowest BCUT2D eigenvalue weighted by Gasteiger charge is -2.29. The largest absolute Gasteiger partial charge is 0.495 e. The van der Waals surface area contributed by atoms with E-state index in [1.807, 2.05) is 6.92 Å². The van der Waals surface area contributed by atoms with Crippen LogP contribution in [0, 0.1) is 0 Å². The third kappa shape index (κ3) is 7.63. The van der Waals surface area contributed by atoms with Gasteiger partial charge in [0, 0.05) is 31.1 Å². The van der Waals surface area contributed by atoms with E-state index in [2.05, 4.69) is 5.32 Å². The monoisotopic (exact) mass is 509 g/mol. The molecule has 2 aromatic rings. The zero-order valence-corrected chi connectivity index (χ0v) is 21.5. The van der Waals surface area contributed by atoms with Gasteiger partial charge in [-0.05, 0) is 50.1 Å². The molecule has 0 radical (unpaired) electrons. The Morgan fingerprint density at radius 3 is 2.35 bits per heavy atom. The normalized spacial score (nSPS) is 12.0. The Hall–Kier alpha value is -2.78. The lowest BCUT2D eigenvalue weighted by molar-refractivity contribution is -0.140. The molecular formula is C24H32ClN3O5S. The number of benzene rings is 2. The molecule has 8 nitrogen and oxygen atoms in total. The topological polar surface area (TPSA) is 96.0 Å². The van der Waals surface area contributed by atoms with Crippen molar-refractivity contribution in [3.8, 4) is 5.75 Å². The summed E-state index contributed by atoms with van der Waals surface area (Å²) < 4.78 is 31.5. The van der Waals surface area contributed by atoms with Gasteiger partial charge in [0.05, 0.1) is 19.1 Å². The SMILES string of the molecule is CCNC(=O)C(C)N(Cc1ccc(Cl)cc1)C(=O)CCCN(c1ccccc1OC)S(C)(=O)=O. The number of halogens is 1. The molecule has 0 saturated heterocycles. The Bertz CT molecular complexity index is 1080. The summed E-state index contributed by atoms with van der Waals surface area (Å²) in [6.07, 6.45) is 1.45. The highest BCUT2D eigenvalue weighted by molar-refractivity contribution is 7.92. The molecule has 0 saturated carbocycles. The standard InChI is InChI=1S/C24H32ClN3O5S/c1-5-26-24(30)18(2)27(17-19-12-14-20(25)15-13-19)23(29)11-8-16-28(34(4,31)32)21-9-6-7-10-22(21)33-3/h6-7,9-10,12-15,18H,5,8,11,16-17H2,1-4H3,(H,26,30). The van der Waals surface area contributed by atoms with E-state index in [4.69, 9.17) is 16.3 Å². The van der Waals surface area contributed by atoms with Gasteiger partial charge >= 0.3 is 0 Å². The van der Waals surface area contributed by atoms with Crippen molar-refractivity contribution in [1.29, 1.82) is 0 Å². The highest BCUT2D eigenvalue weighted by Gasteiger charge is 2.27. The number of ether oxygens (including phenoxy) is 1. The van der Waals surface area contributed by atoms with Crippen LogP contribution in [0.1, 0.15) is 32.3 Å². The van der Waals surface area contributed by atoms with Gasteiger partial charge in [-0.3, -0.25) is 13.9 Å². The van der Waals surface area contributed by atoms with Crippen molar-refractivity contribution in [1.82, 2.24) is 10.2 Å². The highest BCUT2D eigenvalue weighted by atomic mass is 35.5. The molecule has 0 aliphatic rings. The molecule has 34 heavy (non-hydrogen) atoms. The first kappa shape index (κ1) is 27.5. The summed E-state index contributed by atoms with van der Waals surface area (Å²) in [5.74, 6) is -0.0766. The molecule has 1 unspecified atom stereocenters. The maximum atomic E-state index is 13.2. The Morgan fingerprint density at radius 1 is 1.12 bits per heavy atom. The molecule has 0 spiro atoms. The summed E-state index contributed by atoms with van der Waals surface area (Å²) in [5.41, 5.74) is 1.24. The number of carbonyl (C=O) groups excluding carboxylic acids is 2. The van der Waals surface area contributed by atoms with E-state index in [0.717, 1.165) is 11.8 Å². The molecule has 0 aliphatic heterocycles. The van der Waals surface area contributed by atoms with Crippen molar-refractivity contribution in [3.63, 3.8) is 0 Å². The average molecular weight is 510 g/mol. The third-order valence-corrected chi connectivity index (χ3v) is 6.72. The molecule has 0 heterocycles. The number of hydrogen-bond donors (Lipinski definition) is 1. The van der Waals surface area contributed by atoms with Crippen LogP contribution in [-0.4, -0.2) is 57.6 Å². The molecule has 0 fully saturated rings. The van der Waals surface area contributed by atoms with Crippen LogP contribution in [0.2, 0.25) is 5.02 Å². The molecule has 1 atom stereocenters. The number of sulfonamides is 1. The minimum atomic E-state index is -3.61. The molecule has 1 N–H and O–H groups in total. The van der Waals surface area contributed by atoms with Crippen molar-refractivity contribution in [2.24, 2.45) is 0 Å². The first-order chi connectivity index (χ1) is 16.1. The summed E-state index contributed by atoms with van der Waals surface area (Å²) in [7, 11) is -2.13. The fourth-order valence-corrected chi connectivity index (χ4v) is 4.60. The summed E-state index contributed by atoms with van der Waals surface area (Å²) in [6, 6.07) is 13.2. The molecule has 0 aliphatic carbocycles. The van der Waals surface area contributed by atoms with Crippen molar-refractivity contribution in [3.05, 3.63) is 59.1 Å². The number of nitrogens with one attached hydrogen (secondary N) is 1. The summed E-state index contributed by atoms with van der Waals surface area (Å²) in [4.78, 5) is 27.2. The maximum absolute atomic E-state index is 13.2. The van der Waals surface area contributed by atoms with Crippen LogP contribution in [0.15, 0.2) is 48.5 Å². The summed E-state index contributed by atoms with van der Waals surface area (Å²) in [5, 5.41) is 3.33. The zero-order chi connectivity index (χ0) is 25.3. The van der Waals surface area contributed by atoms with E-state index in [1.165, 1.54) is 16.3 Å². The van der Waals surface area contributed by atoms with Gasteiger partial charge in [-0.2, -0.15) is 0 Å². The molecule has 2 amide bonds. The Morgan fingerprint density at radius 2 is 1.76 bits per heavy atom. The van der Waals surface area contributed by atoms with Crippen LogP contribution in [0.5, 0.6) is 5.75 Å². The first-order valence-electron chi connectivity index (χ1n) is 11.0. The fourth-order valence-electron chi connectivity index (χ4n) is 3.51. The van der Waals surface area contributed by atoms with Gasteiger partial charge in [-0.1, -0.05) is 35.9 Å². The van der Waals surface area contributed by atoms with E-state index in [1.54, 1.807) is 55.5 Å². The molecule has 0 bridgehead atoms. The predicted molar refractivity (Wildman–Crippen MR) is 135 cm³/mol. The number of para-hydroxylation sites is 2. The molecule has 2 rings (SSSR count). The Balaban J connectivity index is 2.17. The third-order valence-electron chi connectivity index (χ3n) is 5.29. The van der Waals surface area contributed by atoms with Gasteiger partial charge in [-0.25, -0.2) is 8.42 Å². The van der Waals surface area contributed by atoms with Crippen molar-refractivity contribution >= 4 is 39.1 Å². The van der Waals surface area contributed by atoms with Crippen LogP contribution in [0.25, 0.3) is 0 Å². The van der Waals surface area contributed by atoms with Gasteiger partial charge < -0.3 is 15.0 Å². The second kappa shape index (κ2) is 12.6. The lowest BCUT2D eigenvalue weighted by Crippen LogP contribution is -2.47. The summed E-state index contributed by atoms with van der Waals surface area (Å²) in [6.45, 7) is 4.27. The van der Waals surface area contributed by atoms with Crippen molar-refractivity contribution in [2.45, 2.75) is 39.3 Å². The first-order valence-corrected chi connectivity index (χ1v) is 13.2. The highest BCUT2D eigenvalue weighted by Crippen LogP contribution is 2.29. The minimum absolute atomic E-state index is 0.0680. The second-order valence-electron chi connectivity index (χ2n) is 7.83. The predicted octanol–water partition coefficient (Wildman–Crippen LogP) is 3.45. The number of hydrogen-bond acceptors (Lipinski definition) is 5. The van der Waals surface area contributed by atoms with Crippen molar-refractivity contribution < 1.29 is 22.7 Å². The zero-order valence-electron chi connectivity index (χ0n) is 20.0. The maximum Gasteiger partial charge on any atom is 0.242 e. The van der Waals surface area contributed by atoms with Crippen LogP contribution < -0.4 is 14.4 Å². The van der Waals surface area contributed by atoms with Gasteiger partial charge in [0.15, 0.2) is 0 Å². The number of rotatable bonds is 12. The molecule has 0 aromatic heterocycles. The van der Waals surface area contributed by atoms with E-state index >= 15 is 0 Å². The van der Waals surface area contributed by atoms with E-state index in [0.29, 0.717) is 23.0 Å². The quantitative estimate of drug-likeness (QED) is 0.472. The Labute approximate surface area is 206 Å². The van der Waals surface area contributed by atoms with Gasteiger partial charge in [0.1, 0.15) is 11.8 Å². The van der Waals surface area contributed by atoms with Gasteiger partial charge in [0.25, 0.3) is 0 Å². The minimum Gasteiger partial charge on any atom is -0.495 e. The van der Waals surface area contributed by atoms with E-state index < -0.39 is 16.1 Å².